The standard InChI is InChI=1S/C35H34ClFN6O3/c1-21(37)34(44)43-16-15-42(19-23(43)11-13-38)33-31-29(39-35(40-33)46-24-12-14-41(2)20-24)18-27(26-9-5-17-45-32(26)31)25-8-3-6-22-7-4-10-28(36)30(22)25/h3-4,6-8,10,18,23-24H,1,5,9,11-12,14-17,19-20H2,2H3. The second-order valence-electron chi connectivity index (χ2n) is 12.2. The minimum Gasteiger partial charge on any atom is -0.492 e. The molecule has 0 N–H and O–H groups in total. The van der Waals surface area contributed by atoms with Gasteiger partial charge < -0.3 is 24.2 Å². The largest absolute Gasteiger partial charge is 0.492 e. The van der Waals surface area contributed by atoms with Crippen molar-refractivity contribution in [2.45, 2.75) is 37.8 Å². The van der Waals surface area contributed by atoms with E-state index in [1.165, 1.54) is 4.90 Å². The van der Waals surface area contributed by atoms with Gasteiger partial charge in [-0.3, -0.25) is 4.79 Å². The van der Waals surface area contributed by atoms with Crippen LogP contribution in [-0.2, 0) is 11.2 Å². The molecule has 0 radical (unpaired) electrons. The molecule has 7 rings (SSSR count). The minimum atomic E-state index is -1.04. The highest BCUT2D eigenvalue weighted by molar-refractivity contribution is 6.36. The zero-order valence-corrected chi connectivity index (χ0v) is 26.4. The van der Waals surface area contributed by atoms with Crippen LogP contribution in [0.15, 0.2) is 54.9 Å². The molecule has 0 spiro atoms. The Bertz CT molecular complexity index is 1910. The van der Waals surface area contributed by atoms with Gasteiger partial charge in [0.2, 0.25) is 0 Å². The summed E-state index contributed by atoms with van der Waals surface area (Å²) >= 11 is 6.80. The molecule has 11 heteroatoms. The van der Waals surface area contributed by atoms with E-state index in [1.54, 1.807) is 0 Å². The number of amides is 1. The van der Waals surface area contributed by atoms with Gasteiger partial charge in [0.1, 0.15) is 17.7 Å². The Kier molecular flexibility index (Phi) is 8.13. The average molecular weight is 641 g/mol. The molecule has 2 fully saturated rings. The summed E-state index contributed by atoms with van der Waals surface area (Å²) in [5.41, 5.74) is 3.72. The normalized spacial score (nSPS) is 20.0. The Balaban J connectivity index is 1.41. The van der Waals surface area contributed by atoms with Gasteiger partial charge in [-0.15, -0.1) is 0 Å². The van der Waals surface area contributed by atoms with Crippen LogP contribution in [-0.4, -0.2) is 84.2 Å². The number of carbonyl (C=O) groups is 1. The van der Waals surface area contributed by atoms with Crippen molar-refractivity contribution >= 4 is 45.0 Å². The fraction of sp³-hybridized carbons (Fsp3) is 0.371. The van der Waals surface area contributed by atoms with E-state index in [2.05, 4.69) is 48.9 Å². The predicted octanol–water partition coefficient (Wildman–Crippen LogP) is 5.93. The monoisotopic (exact) mass is 640 g/mol. The number of hydrogen-bond acceptors (Lipinski definition) is 8. The van der Waals surface area contributed by atoms with Crippen LogP contribution in [0.3, 0.4) is 0 Å². The topological polar surface area (TPSA) is 94.8 Å². The Hall–Kier alpha value is -4.46. The van der Waals surface area contributed by atoms with Crippen molar-refractivity contribution in [2.75, 3.05) is 51.3 Å². The van der Waals surface area contributed by atoms with Crippen LogP contribution in [0.5, 0.6) is 11.8 Å². The molecule has 2 unspecified atom stereocenters. The van der Waals surface area contributed by atoms with Crippen LogP contribution in [0.4, 0.5) is 10.2 Å². The van der Waals surface area contributed by atoms with Crippen molar-refractivity contribution in [3.8, 4) is 29.0 Å². The molecule has 2 atom stereocenters. The van der Waals surface area contributed by atoms with Gasteiger partial charge in [-0.25, -0.2) is 4.39 Å². The van der Waals surface area contributed by atoms with E-state index >= 15 is 0 Å². The number of nitriles is 1. The molecule has 1 amide bonds. The number of halogens is 2. The Morgan fingerprint density at radius 2 is 1.98 bits per heavy atom. The van der Waals surface area contributed by atoms with Gasteiger partial charge in [-0.1, -0.05) is 48.5 Å². The molecule has 4 heterocycles. The summed E-state index contributed by atoms with van der Waals surface area (Å²) in [6.07, 6.45) is 2.49. The van der Waals surface area contributed by atoms with Crippen molar-refractivity contribution in [1.29, 1.82) is 5.26 Å². The third-order valence-electron chi connectivity index (χ3n) is 9.19. The molecule has 1 aromatic heterocycles. The van der Waals surface area contributed by atoms with Gasteiger partial charge in [-0.05, 0) is 55.0 Å². The van der Waals surface area contributed by atoms with Crippen molar-refractivity contribution < 1.29 is 18.7 Å². The summed E-state index contributed by atoms with van der Waals surface area (Å²) in [7, 11) is 2.06. The maximum absolute atomic E-state index is 13.9. The van der Waals surface area contributed by atoms with Gasteiger partial charge in [-0.2, -0.15) is 15.2 Å². The highest BCUT2D eigenvalue weighted by Gasteiger charge is 2.35. The number of benzene rings is 3. The van der Waals surface area contributed by atoms with E-state index in [4.69, 9.17) is 31.0 Å². The van der Waals surface area contributed by atoms with Crippen LogP contribution in [0, 0.1) is 11.3 Å². The smallest absolute Gasteiger partial charge is 0.319 e. The lowest BCUT2D eigenvalue weighted by Crippen LogP contribution is -2.55. The third kappa shape index (κ3) is 5.48. The zero-order valence-electron chi connectivity index (χ0n) is 25.6. The number of likely N-dealkylation sites (tertiary alicyclic amines) is 1. The lowest BCUT2D eigenvalue weighted by atomic mass is 9.89. The van der Waals surface area contributed by atoms with E-state index in [9.17, 15) is 14.4 Å². The number of carbonyl (C=O) groups excluding carboxylic acids is 1. The van der Waals surface area contributed by atoms with E-state index in [0.29, 0.717) is 29.5 Å². The third-order valence-corrected chi connectivity index (χ3v) is 9.50. The fourth-order valence-corrected chi connectivity index (χ4v) is 7.31. The molecule has 3 aliphatic rings. The van der Waals surface area contributed by atoms with Crippen LogP contribution in [0.2, 0.25) is 5.02 Å². The summed E-state index contributed by atoms with van der Waals surface area (Å²) in [6, 6.07) is 16.0. The van der Waals surface area contributed by atoms with Crippen molar-refractivity contribution in [1.82, 2.24) is 19.8 Å². The minimum absolute atomic E-state index is 0.0386. The number of anilines is 1. The van der Waals surface area contributed by atoms with Crippen LogP contribution in [0.1, 0.15) is 24.8 Å². The van der Waals surface area contributed by atoms with Gasteiger partial charge in [0.05, 0.1) is 36.0 Å². The Labute approximate surface area is 271 Å². The molecule has 2 saturated heterocycles. The summed E-state index contributed by atoms with van der Waals surface area (Å²) < 4.78 is 26.8. The van der Waals surface area contributed by atoms with E-state index < -0.39 is 17.8 Å². The number of aromatic nitrogens is 2. The second kappa shape index (κ2) is 12.4. The molecule has 4 aromatic rings. The van der Waals surface area contributed by atoms with Crippen molar-refractivity contribution in [3.05, 3.63) is 65.5 Å². The number of hydrogen-bond donors (Lipinski definition) is 0. The lowest BCUT2D eigenvalue weighted by Gasteiger charge is -2.41. The predicted molar refractivity (Wildman–Crippen MR) is 176 cm³/mol. The first-order valence-electron chi connectivity index (χ1n) is 15.6. The van der Waals surface area contributed by atoms with Crippen molar-refractivity contribution in [2.24, 2.45) is 0 Å². The number of ether oxygens (including phenoxy) is 2. The molecule has 0 aliphatic carbocycles. The van der Waals surface area contributed by atoms with Crippen LogP contribution >= 0.6 is 11.6 Å². The highest BCUT2D eigenvalue weighted by Crippen LogP contribution is 2.46. The van der Waals surface area contributed by atoms with E-state index in [0.717, 1.165) is 71.0 Å². The Morgan fingerprint density at radius 3 is 2.74 bits per heavy atom. The first kappa shape index (κ1) is 30.2. The summed E-state index contributed by atoms with van der Waals surface area (Å²) in [6.45, 7) is 6.28. The quantitative estimate of drug-likeness (QED) is 0.240. The summed E-state index contributed by atoms with van der Waals surface area (Å²) in [5, 5.41) is 13.0. The first-order valence-corrected chi connectivity index (χ1v) is 16.0. The van der Waals surface area contributed by atoms with E-state index in [-0.39, 0.29) is 31.6 Å². The van der Waals surface area contributed by atoms with Crippen molar-refractivity contribution in [3.63, 3.8) is 0 Å². The molecule has 236 valence electrons. The number of fused-ring (bicyclic) bond motifs is 4. The number of piperazine rings is 1. The molecular formula is C35H34ClFN6O3. The van der Waals surface area contributed by atoms with Gasteiger partial charge in [0, 0.05) is 48.7 Å². The van der Waals surface area contributed by atoms with Crippen LogP contribution < -0.4 is 14.4 Å². The molecule has 9 nitrogen and oxygen atoms in total. The Morgan fingerprint density at radius 1 is 1.15 bits per heavy atom. The first-order chi connectivity index (χ1) is 22.3. The highest BCUT2D eigenvalue weighted by atomic mass is 35.5. The van der Waals surface area contributed by atoms with Crippen LogP contribution in [0.25, 0.3) is 32.8 Å². The number of likely N-dealkylation sites (N-methyl/N-ethyl adjacent to an activating group) is 1. The van der Waals surface area contributed by atoms with Gasteiger partial charge in [0.25, 0.3) is 5.91 Å². The molecule has 0 bridgehead atoms. The lowest BCUT2D eigenvalue weighted by molar-refractivity contribution is -0.131. The average Bonchev–Trinajstić information content (AvgIpc) is 3.47. The number of rotatable bonds is 6. The summed E-state index contributed by atoms with van der Waals surface area (Å²) in [5.74, 6) is -0.496. The number of nitrogens with zero attached hydrogens (tertiary/aromatic N) is 6. The fourth-order valence-electron chi connectivity index (χ4n) is 7.03. The maximum Gasteiger partial charge on any atom is 0.319 e. The van der Waals surface area contributed by atoms with E-state index in [1.807, 2.05) is 23.1 Å². The van der Waals surface area contributed by atoms with Gasteiger partial charge >= 0.3 is 6.01 Å². The molecular weight excluding hydrogens is 607 g/mol. The molecule has 3 aromatic carbocycles. The molecule has 3 aliphatic heterocycles. The SMILES string of the molecule is C=C(F)C(=O)N1CCN(c2nc(OC3CCN(C)C3)nc3cc(-c4cccc5cccc(Cl)c45)c4c(c23)OCCC4)CC1CC#N. The second-order valence-corrected chi connectivity index (χ2v) is 12.6. The molecule has 0 saturated carbocycles. The maximum atomic E-state index is 13.9. The van der Waals surface area contributed by atoms with Gasteiger partial charge in [0.15, 0.2) is 5.83 Å². The zero-order chi connectivity index (χ0) is 31.9. The summed E-state index contributed by atoms with van der Waals surface area (Å²) in [4.78, 5) is 28.2. The molecule has 46 heavy (non-hydrogen) atoms.